The number of imide groups is 1. The zero-order chi connectivity index (χ0) is 22.1. The fraction of sp³-hybridized carbons (Fsp3) is 0.458. The van der Waals surface area contributed by atoms with Gasteiger partial charge in [0.2, 0.25) is 0 Å². The van der Waals surface area contributed by atoms with Gasteiger partial charge in [-0.3, -0.25) is 14.5 Å². The predicted molar refractivity (Wildman–Crippen MR) is 116 cm³/mol. The summed E-state index contributed by atoms with van der Waals surface area (Å²) in [7, 11) is 0. The minimum Gasteiger partial charge on any atom is -0.490 e. The summed E-state index contributed by atoms with van der Waals surface area (Å²) in [5, 5.41) is 9.49. The number of carbonyl (C=O) groups excluding carboxylic acids is 2. The molecule has 160 valence electrons. The summed E-state index contributed by atoms with van der Waals surface area (Å²) in [5.41, 5.74) is 1.52. The van der Waals surface area contributed by atoms with Gasteiger partial charge in [0.25, 0.3) is 11.8 Å². The molecule has 30 heavy (non-hydrogen) atoms. The van der Waals surface area contributed by atoms with Crippen molar-refractivity contribution in [1.29, 1.82) is 5.26 Å². The standard InChI is InChI=1S/C24H30N2O4/c1-5-8-9-12-26-23(27)19(17(4)20(16-25)24(26)28)14-18-10-11-21(30-13-6-2)22(15-18)29-7-3/h10-11,14-15H,5-9,12-13H2,1-4H3/b19-14+. The van der Waals surface area contributed by atoms with Crippen LogP contribution in [0.4, 0.5) is 0 Å². The van der Waals surface area contributed by atoms with Crippen LogP contribution in [0.25, 0.3) is 6.08 Å². The van der Waals surface area contributed by atoms with Crippen LogP contribution < -0.4 is 9.47 Å². The maximum atomic E-state index is 13.1. The van der Waals surface area contributed by atoms with Crippen LogP contribution in [0.1, 0.15) is 58.9 Å². The summed E-state index contributed by atoms with van der Waals surface area (Å²) >= 11 is 0. The van der Waals surface area contributed by atoms with E-state index in [-0.39, 0.29) is 11.5 Å². The van der Waals surface area contributed by atoms with Crippen molar-refractivity contribution in [2.24, 2.45) is 0 Å². The molecule has 1 aliphatic heterocycles. The van der Waals surface area contributed by atoms with Crippen molar-refractivity contribution in [2.75, 3.05) is 19.8 Å². The molecule has 2 rings (SSSR count). The zero-order valence-electron chi connectivity index (χ0n) is 18.3. The van der Waals surface area contributed by atoms with Crippen LogP contribution in [-0.2, 0) is 9.59 Å². The Morgan fingerprint density at radius 1 is 1.03 bits per heavy atom. The van der Waals surface area contributed by atoms with E-state index in [1.165, 1.54) is 4.90 Å². The van der Waals surface area contributed by atoms with Gasteiger partial charge in [-0.15, -0.1) is 0 Å². The lowest BCUT2D eigenvalue weighted by Crippen LogP contribution is -2.43. The van der Waals surface area contributed by atoms with Crippen molar-refractivity contribution in [3.8, 4) is 17.6 Å². The zero-order valence-corrected chi connectivity index (χ0v) is 18.3. The maximum Gasteiger partial charge on any atom is 0.271 e. The van der Waals surface area contributed by atoms with E-state index in [1.54, 1.807) is 13.0 Å². The number of unbranched alkanes of at least 4 members (excludes halogenated alkanes) is 2. The van der Waals surface area contributed by atoms with E-state index in [9.17, 15) is 14.9 Å². The van der Waals surface area contributed by atoms with Crippen LogP contribution in [-0.4, -0.2) is 36.5 Å². The van der Waals surface area contributed by atoms with Gasteiger partial charge in [0.05, 0.1) is 13.2 Å². The normalized spacial score (nSPS) is 15.6. The largest absolute Gasteiger partial charge is 0.490 e. The Morgan fingerprint density at radius 3 is 2.43 bits per heavy atom. The lowest BCUT2D eigenvalue weighted by Gasteiger charge is -2.27. The van der Waals surface area contributed by atoms with Crippen LogP contribution >= 0.6 is 0 Å². The van der Waals surface area contributed by atoms with E-state index in [0.29, 0.717) is 42.4 Å². The Balaban J connectivity index is 2.45. The number of hydrogen-bond acceptors (Lipinski definition) is 5. The quantitative estimate of drug-likeness (QED) is 0.318. The van der Waals surface area contributed by atoms with E-state index >= 15 is 0 Å². The molecule has 1 aromatic rings. The van der Waals surface area contributed by atoms with Crippen molar-refractivity contribution >= 4 is 17.9 Å². The number of rotatable bonds is 10. The first-order valence-electron chi connectivity index (χ1n) is 10.6. The Morgan fingerprint density at radius 2 is 1.80 bits per heavy atom. The molecule has 0 saturated heterocycles. The molecule has 6 nitrogen and oxygen atoms in total. The minimum atomic E-state index is -0.508. The summed E-state index contributed by atoms with van der Waals surface area (Å²) < 4.78 is 11.4. The van der Waals surface area contributed by atoms with Crippen molar-refractivity contribution in [3.63, 3.8) is 0 Å². The SMILES string of the molecule is CCCCCN1C(=O)C(C#N)=C(C)/C(=C\c2ccc(OCCC)c(OCC)c2)C1=O. The first-order valence-corrected chi connectivity index (χ1v) is 10.6. The highest BCUT2D eigenvalue weighted by molar-refractivity contribution is 6.19. The van der Waals surface area contributed by atoms with Crippen molar-refractivity contribution in [3.05, 3.63) is 40.5 Å². The van der Waals surface area contributed by atoms with Crippen LogP contribution in [0.3, 0.4) is 0 Å². The van der Waals surface area contributed by atoms with Gasteiger partial charge in [-0.25, -0.2) is 0 Å². The molecule has 1 aliphatic rings. The first-order chi connectivity index (χ1) is 14.5. The smallest absolute Gasteiger partial charge is 0.271 e. The average Bonchev–Trinajstić information content (AvgIpc) is 2.73. The van der Waals surface area contributed by atoms with Gasteiger partial charge >= 0.3 is 0 Å². The van der Waals surface area contributed by atoms with Gasteiger partial charge in [0.15, 0.2) is 11.5 Å². The van der Waals surface area contributed by atoms with Crippen molar-refractivity contribution < 1.29 is 19.1 Å². The maximum absolute atomic E-state index is 13.1. The molecule has 6 heteroatoms. The number of carbonyl (C=O) groups is 2. The van der Waals surface area contributed by atoms with Crippen LogP contribution in [0.2, 0.25) is 0 Å². The summed E-state index contributed by atoms with van der Waals surface area (Å²) in [4.78, 5) is 26.9. The molecule has 0 radical (unpaired) electrons. The lowest BCUT2D eigenvalue weighted by atomic mass is 9.93. The number of ether oxygens (including phenoxy) is 2. The molecule has 0 aliphatic carbocycles. The first kappa shape index (κ1) is 23.2. The van der Waals surface area contributed by atoms with Gasteiger partial charge in [0, 0.05) is 12.1 Å². The van der Waals surface area contributed by atoms with E-state index in [2.05, 4.69) is 6.92 Å². The fourth-order valence-corrected chi connectivity index (χ4v) is 3.23. The summed E-state index contributed by atoms with van der Waals surface area (Å²) in [5.74, 6) is 0.377. The second-order valence-corrected chi connectivity index (χ2v) is 7.13. The van der Waals surface area contributed by atoms with Crippen molar-refractivity contribution in [2.45, 2.75) is 53.4 Å². The van der Waals surface area contributed by atoms with Crippen molar-refractivity contribution in [1.82, 2.24) is 4.90 Å². The van der Waals surface area contributed by atoms with Crippen LogP contribution in [0, 0.1) is 11.3 Å². The van der Waals surface area contributed by atoms with Gasteiger partial charge in [-0.2, -0.15) is 5.26 Å². The number of amides is 2. The van der Waals surface area contributed by atoms with Crippen LogP contribution in [0.5, 0.6) is 11.5 Å². The lowest BCUT2D eigenvalue weighted by molar-refractivity contribution is -0.140. The summed E-state index contributed by atoms with van der Waals surface area (Å²) in [6.07, 6.45) is 5.20. The van der Waals surface area contributed by atoms with Crippen LogP contribution in [0.15, 0.2) is 34.9 Å². The molecule has 2 amide bonds. The molecule has 0 aromatic heterocycles. The molecule has 1 heterocycles. The third kappa shape index (κ3) is 5.29. The number of hydrogen-bond donors (Lipinski definition) is 0. The second kappa shape index (κ2) is 11.2. The molecule has 0 spiro atoms. The van der Waals surface area contributed by atoms with Gasteiger partial charge in [0.1, 0.15) is 11.6 Å². The molecule has 0 atom stereocenters. The average molecular weight is 411 g/mol. The third-order valence-corrected chi connectivity index (χ3v) is 4.85. The van der Waals surface area contributed by atoms with E-state index in [1.807, 2.05) is 38.1 Å². The van der Waals surface area contributed by atoms with Gasteiger partial charge in [-0.05, 0) is 56.0 Å². The molecular weight excluding hydrogens is 380 g/mol. The Kier molecular flexibility index (Phi) is 8.67. The highest BCUT2D eigenvalue weighted by atomic mass is 16.5. The Bertz CT molecular complexity index is 893. The molecule has 0 bridgehead atoms. The van der Waals surface area contributed by atoms with E-state index in [0.717, 1.165) is 31.2 Å². The highest BCUT2D eigenvalue weighted by Gasteiger charge is 2.35. The Hall–Kier alpha value is -3.07. The van der Waals surface area contributed by atoms with Gasteiger partial charge in [-0.1, -0.05) is 32.8 Å². The topological polar surface area (TPSA) is 79.6 Å². The van der Waals surface area contributed by atoms with E-state index < -0.39 is 5.91 Å². The summed E-state index contributed by atoms with van der Waals surface area (Å²) in [6.45, 7) is 9.01. The number of nitriles is 1. The second-order valence-electron chi connectivity index (χ2n) is 7.13. The molecule has 1 aromatic carbocycles. The summed E-state index contributed by atoms with van der Waals surface area (Å²) in [6, 6.07) is 7.44. The van der Waals surface area contributed by atoms with Gasteiger partial charge < -0.3 is 9.47 Å². The molecular formula is C24H30N2O4. The highest BCUT2D eigenvalue weighted by Crippen LogP contribution is 2.32. The molecule has 0 fully saturated rings. The predicted octanol–water partition coefficient (Wildman–Crippen LogP) is 4.66. The fourth-order valence-electron chi connectivity index (χ4n) is 3.23. The molecule has 0 N–H and O–H groups in total. The molecule has 0 unspecified atom stereocenters. The Labute approximate surface area is 178 Å². The number of nitrogens with zero attached hydrogens (tertiary/aromatic N) is 2. The third-order valence-electron chi connectivity index (χ3n) is 4.85. The van der Waals surface area contributed by atoms with E-state index in [4.69, 9.17) is 9.47 Å². The number of benzene rings is 1. The molecule has 0 saturated carbocycles. The monoisotopic (exact) mass is 410 g/mol. The minimum absolute atomic E-state index is 0.0188.